The zero-order chi connectivity index (χ0) is 15.0. The minimum absolute atomic E-state index is 0.0442. The molecule has 0 aliphatic rings. The van der Waals surface area contributed by atoms with E-state index in [-0.39, 0.29) is 5.91 Å². The van der Waals surface area contributed by atoms with Crippen molar-refractivity contribution in [3.63, 3.8) is 0 Å². The van der Waals surface area contributed by atoms with Gasteiger partial charge in [-0.15, -0.1) is 0 Å². The Labute approximate surface area is 122 Å². The molecule has 2 N–H and O–H groups in total. The minimum atomic E-state index is -0.510. The lowest BCUT2D eigenvalue weighted by Gasteiger charge is -2.25. The number of rotatable bonds is 8. The molecule has 1 rings (SSSR count). The molecule has 1 aromatic carbocycles. The molecule has 0 fully saturated rings. The lowest BCUT2D eigenvalue weighted by atomic mass is 10.1. The van der Waals surface area contributed by atoms with Gasteiger partial charge in [0.15, 0.2) is 0 Å². The van der Waals surface area contributed by atoms with E-state index in [0.29, 0.717) is 6.54 Å². The molecule has 0 saturated heterocycles. The van der Waals surface area contributed by atoms with Crippen LogP contribution in [0.2, 0.25) is 0 Å². The van der Waals surface area contributed by atoms with Crippen LogP contribution in [-0.4, -0.2) is 38.1 Å². The maximum Gasteiger partial charge on any atom is 0.239 e. The Hall–Kier alpha value is -1.55. The van der Waals surface area contributed by atoms with Gasteiger partial charge in [0.05, 0.1) is 5.54 Å². The molecule has 0 radical (unpaired) electrons. The predicted molar refractivity (Wildman–Crippen MR) is 85.1 cm³/mol. The van der Waals surface area contributed by atoms with E-state index in [2.05, 4.69) is 46.7 Å². The standard InChI is InChI=1S/C16H27N3O/c1-5-19(14-10-7-6-8-11-14)13-9-12-18-15(20)16(2,3)17-4/h6-8,10-11,17H,5,9,12-13H2,1-4H3,(H,18,20). The maximum atomic E-state index is 11.9. The zero-order valence-electron chi connectivity index (χ0n) is 13.1. The van der Waals surface area contributed by atoms with Gasteiger partial charge in [0.25, 0.3) is 0 Å². The van der Waals surface area contributed by atoms with Gasteiger partial charge in [0.2, 0.25) is 5.91 Å². The molecule has 1 aromatic rings. The first kappa shape index (κ1) is 16.5. The Kier molecular flexibility index (Phi) is 6.52. The number of carbonyl (C=O) groups excluding carboxylic acids is 1. The number of likely N-dealkylation sites (N-methyl/N-ethyl adjacent to an activating group) is 1. The fraction of sp³-hybridized carbons (Fsp3) is 0.562. The van der Waals surface area contributed by atoms with E-state index in [1.165, 1.54) is 5.69 Å². The number of carbonyl (C=O) groups is 1. The highest BCUT2D eigenvalue weighted by molar-refractivity contribution is 5.85. The summed E-state index contributed by atoms with van der Waals surface area (Å²) in [5.74, 6) is 0.0442. The van der Waals surface area contributed by atoms with E-state index >= 15 is 0 Å². The maximum absolute atomic E-state index is 11.9. The molecule has 4 nitrogen and oxygen atoms in total. The normalized spacial score (nSPS) is 11.2. The summed E-state index contributed by atoms with van der Waals surface area (Å²) in [5.41, 5.74) is 0.723. The molecule has 0 unspecified atom stereocenters. The Morgan fingerprint density at radius 2 is 1.90 bits per heavy atom. The molecule has 112 valence electrons. The number of amides is 1. The quantitative estimate of drug-likeness (QED) is 0.715. The van der Waals surface area contributed by atoms with Gasteiger partial charge in [-0.1, -0.05) is 18.2 Å². The summed E-state index contributed by atoms with van der Waals surface area (Å²) in [6.07, 6.45) is 0.939. The van der Waals surface area contributed by atoms with Crippen molar-refractivity contribution in [3.05, 3.63) is 30.3 Å². The van der Waals surface area contributed by atoms with Gasteiger partial charge in [0, 0.05) is 25.3 Å². The van der Waals surface area contributed by atoms with Crippen molar-refractivity contribution in [2.75, 3.05) is 31.6 Å². The van der Waals surface area contributed by atoms with E-state index in [1.54, 1.807) is 7.05 Å². The van der Waals surface area contributed by atoms with E-state index in [0.717, 1.165) is 19.5 Å². The van der Waals surface area contributed by atoms with E-state index < -0.39 is 5.54 Å². The number of nitrogens with one attached hydrogen (secondary N) is 2. The van der Waals surface area contributed by atoms with Crippen LogP contribution in [0.5, 0.6) is 0 Å². The van der Waals surface area contributed by atoms with Gasteiger partial charge in [-0.05, 0) is 46.4 Å². The molecular formula is C16H27N3O. The summed E-state index contributed by atoms with van der Waals surface area (Å²) in [6.45, 7) is 8.53. The average molecular weight is 277 g/mol. The first-order valence-electron chi connectivity index (χ1n) is 7.28. The largest absolute Gasteiger partial charge is 0.372 e. The molecule has 0 bridgehead atoms. The summed E-state index contributed by atoms with van der Waals surface area (Å²) in [4.78, 5) is 14.2. The van der Waals surface area contributed by atoms with Crippen molar-refractivity contribution in [1.82, 2.24) is 10.6 Å². The minimum Gasteiger partial charge on any atom is -0.372 e. The number of anilines is 1. The third-order valence-corrected chi connectivity index (χ3v) is 3.59. The Morgan fingerprint density at radius 1 is 1.25 bits per heavy atom. The van der Waals surface area contributed by atoms with Crippen LogP contribution >= 0.6 is 0 Å². The van der Waals surface area contributed by atoms with Crippen molar-refractivity contribution in [3.8, 4) is 0 Å². The van der Waals surface area contributed by atoms with Gasteiger partial charge in [-0.3, -0.25) is 4.79 Å². The molecule has 20 heavy (non-hydrogen) atoms. The van der Waals surface area contributed by atoms with Gasteiger partial charge in [0.1, 0.15) is 0 Å². The van der Waals surface area contributed by atoms with Crippen molar-refractivity contribution in [1.29, 1.82) is 0 Å². The highest BCUT2D eigenvalue weighted by Gasteiger charge is 2.24. The molecule has 0 aliphatic heterocycles. The zero-order valence-corrected chi connectivity index (χ0v) is 13.1. The average Bonchev–Trinajstić information content (AvgIpc) is 2.48. The van der Waals surface area contributed by atoms with Crippen molar-refractivity contribution < 1.29 is 4.79 Å². The molecular weight excluding hydrogens is 250 g/mol. The first-order chi connectivity index (χ1) is 9.51. The van der Waals surface area contributed by atoms with E-state index in [4.69, 9.17) is 0 Å². The molecule has 0 heterocycles. The fourth-order valence-corrected chi connectivity index (χ4v) is 1.91. The van der Waals surface area contributed by atoms with Crippen molar-refractivity contribution >= 4 is 11.6 Å². The van der Waals surface area contributed by atoms with Gasteiger partial charge in [-0.2, -0.15) is 0 Å². The summed E-state index contributed by atoms with van der Waals surface area (Å²) in [5, 5.41) is 5.98. The number of benzene rings is 1. The van der Waals surface area contributed by atoms with Crippen LogP contribution in [0.25, 0.3) is 0 Å². The van der Waals surface area contributed by atoms with Crippen molar-refractivity contribution in [2.45, 2.75) is 32.7 Å². The molecule has 4 heteroatoms. The van der Waals surface area contributed by atoms with E-state index in [9.17, 15) is 4.79 Å². The first-order valence-corrected chi connectivity index (χ1v) is 7.28. The number of para-hydroxylation sites is 1. The highest BCUT2D eigenvalue weighted by Crippen LogP contribution is 2.12. The summed E-state index contributed by atoms with van der Waals surface area (Å²) in [7, 11) is 1.80. The third kappa shape index (κ3) is 4.85. The topological polar surface area (TPSA) is 44.4 Å². The van der Waals surface area contributed by atoms with Crippen LogP contribution in [0.4, 0.5) is 5.69 Å². The molecule has 0 aromatic heterocycles. The third-order valence-electron chi connectivity index (χ3n) is 3.59. The fourth-order valence-electron chi connectivity index (χ4n) is 1.91. The SMILES string of the molecule is CCN(CCCNC(=O)C(C)(C)NC)c1ccccc1. The van der Waals surface area contributed by atoms with Gasteiger partial charge >= 0.3 is 0 Å². The monoisotopic (exact) mass is 277 g/mol. The summed E-state index contributed by atoms with van der Waals surface area (Å²) in [6, 6.07) is 10.4. The van der Waals surface area contributed by atoms with Crippen LogP contribution in [0.1, 0.15) is 27.2 Å². The summed E-state index contributed by atoms with van der Waals surface area (Å²) < 4.78 is 0. The lowest BCUT2D eigenvalue weighted by molar-refractivity contribution is -0.126. The smallest absolute Gasteiger partial charge is 0.239 e. The van der Waals surface area contributed by atoms with Crippen molar-refractivity contribution in [2.24, 2.45) is 0 Å². The second-order valence-corrected chi connectivity index (χ2v) is 5.40. The lowest BCUT2D eigenvalue weighted by Crippen LogP contribution is -2.51. The Balaban J connectivity index is 2.35. The molecule has 0 saturated carbocycles. The van der Waals surface area contributed by atoms with Crippen LogP contribution in [0.15, 0.2) is 30.3 Å². The second-order valence-electron chi connectivity index (χ2n) is 5.40. The molecule has 1 amide bonds. The van der Waals surface area contributed by atoms with Gasteiger partial charge < -0.3 is 15.5 Å². The Bertz CT molecular complexity index is 403. The Morgan fingerprint density at radius 3 is 2.45 bits per heavy atom. The van der Waals surface area contributed by atoms with Crippen LogP contribution in [0, 0.1) is 0 Å². The van der Waals surface area contributed by atoms with E-state index in [1.807, 2.05) is 19.9 Å². The number of hydrogen-bond donors (Lipinski definition) is 2. The van der Waals surface area contributed by atoms with Crippen LogP contribution < -0.4 is 15.5 Å². The van der Waals surface area contributed by atoms with Crippen LogP contribution in [-0.2, 0) is 4.79 Å². The second kappa shape index (κ2) is 7.90. The molecule has 0 atom stereocenters. The number of hydrogen-bond acceptors (Lipinski definition) is 3. The predicted octanol–water partition coefficient (Wildman–Crippen LogP) is 2.02. The van der Waals surface area contributed by atoms with Crippen LogP contribution in [0.3, 0.4) is 0 Å². The van der Waals surface area contributed by atoms with Gasteiger partial charge in [-0.25, -0.2) is 0 Å². The molecule has 0 spiro atoms. The molecule has 0 aliphatic carbocycles. The number of nitrogens with zero attached hydrogens (tertiary/aromatic N) is 1. The summed E-state index contributed by atoms with van der Waals surface area (Å²) >= 11 is 0. The highest BCUT2D eigenvalue weighted by atomic mass is 16.2.